The van der Waals surface area contributed by atoms with Gasteiger partial charge in [0.05, 0.1) is 0 Å². The first kappa shape index (κ1) is 71.6. The third-order valence-electron chi connectivity index (χ3n) is 13.9. The minimum Gasteiger partial charge on any atom is -0.462 e. The molecule has 0 aliphatic rings. The number of carbonyl (C=O) groups excluding carboxylic acids is 3. The molecule has 75 heavy (non-hydrogen) atoms. The normalized spacial score (nSPS) is 12.6. The van der Waals surface area contributed by atoms with Gasteiger partial charge in [0.25, 0.3) is 0 Å². The molecule has 0 radical (unpaired) electrons. The molecule has 1 atom stereocenters. The molecule has 0 bridgehead atoms. The molecule has 0 amide bonds. The number of rotatable bonds is 58. The topological polar surface area (TPSA) is 78.9 Å². The Balaban J connectivity index is 4.33. The SMILES string of the molecule is CC/C=C\C/C=C\C/C=C\CCCCCCCCCC(=O)OC(COC(=O)CCCCCCC/C=C\C/C=C\CCCCC)COC(=O)CCCCCCCCCCCCCCC/C=C\C/C=C\CCCCCCC. The van der Waals surface area contributed by atoms with Crippen LogP contribution in [0.2, 0.25) is 0 Å². The molecule has 0 spiro atoms. The van der Waals surface area contributed by atoms with E-state index in [2.05, 4.69) is 106 Å². The Morgan fingerprint density at radius 1 is 0.280 bits per heavy atom. The Morgan fingerprint density at radius 2 is 0.520 bits per heavy atom. The lowest BCUT2D eigenvalue weighted by Crippen LogP contribution is -2.30. The molecule has 0 aromatic carbocycles. The van der Waals surface area contributed by atoms with Crippen molar-refractivity contribution in [3.05, 3.63) is 85.1 Å². The molecule has 0 aliphatic heterocycles. The van der Waals surface area contributed by atoms with Crippen molar-refractivity contribution in [2.75, 3.05) is 13.2 Å². The molecule has 0 fully saturated rings. The summed E-state index contributed by atoms with van der Waals surface area (Å²) in [6.07, 6.45) is 83.0. The number of esters is 3. The zero-order valence-corrected chi connectivity index (χ0v) is 49.6. The van der Waals surface area contributed by atoms with Gasteiger partial charge in [0, 0.05) is 19.3 Å². The highest BCUT2D eigenvalue weighted by Crippen LogP contribution is 2.16. The summed E-state index contributed by atoms with van der Waals surface area (Å²) < 4.78 is 16.9. The van der Waals surface area contributed by atoms with Crippen LogP contribution in [0.15, 0.2) is 85.1 Å². The van der Waals surface area contributed by atoms with Gasteiger partial charge in [-0.3, -0.25) is 14.4 Å². The van der Waals surface area contributed by atoms with Crippen molar-refractivity contribution in [3.8, 4) is 0 Å². The zero-order chi connectivity index (χ0) is 54.3. The molecule has 6 nitrogen and oxygen atoms in total. The van der Waals surface area contributed by atoms with Crippen LogP contribution >= 0.6 is 0 Å². The van der Waals surface area contributed by atoms with Crippen molar-refractivity contribution in [1.29, 1.82) is 0 Å². The number of hydrogen-bond donors (Lipinski definition) is 0. The minimum atomic E-state index is -0.789. The fourth-order valence-corrected chi connectivity index (χ4v) is 9.05. The van der Waals surface area contributed by atoms with Crippen LogP contribution in [-0.4, -0.2) is 37.2 Å². The third-order valence-corrected chi connectivity index (χ3v) is 13.9. The van der Waals surface area contributed by atoms with Gasteiger partial charge in [-0.1, -0.05) is 266 Å². The fourth-order valence-electron chi connectivity index (χ4n) is 9.05. The van der Waals surface area contributed by atoms with Crippen LogP contribution in [-0.2, 0) is 28.6 Å². The van der Waals surface area contributed by atoms with E-state index in [4.69, 9.17) is 14.2 Å². The maximum absolute atomic E-state index is 12.9. The average molecular weight is 1050 g/mol. The third kappa shape index (κ3) is 61.3. The van der Waals surface area contributed by atoms with E-state index in [9.17, 15) is 14.4 Å². The quantitative estimate of drug-likeness (QED) is 0.0261. The van der Waals surface area contributed by atoms with Crippen LogP contribution < -0.4 is 0 Å². The van der Waals surface area contributed by atoms with Gasteiger partial charge in [-0.05, 0) is 116 Å². The van der Waals surface area contributed by atoms with Gasteiger partial charge >= 0.3 is 17.9 Å². The maximum atomic E-state index is 12.9. The molecule has 0 aromatic rings. The van der Waals surface area contributed by atoms with Crippen molar-refractivity contribution in [2.45, 2.75) is 322 Å². The predicted octanol–water partition coefficient (Wildman–Crippen LogP) is 21.9. The first-order chi connectivity index (χ1) is 37.0. The number of carbonyl (C=O) groups is 3. The van der Waals surface area contributed by atoms with E-state index in [-0.39, 0.29) is 31.1 Å². The van der Waals surface area contributed by atoms with Crippen LogP contribution in [0.1, 0.15) is 316 Å². The zero-order valence-electron chi connectivity index (χ0n) is 49.6. The van der Waals surface area contributed by atoms with Crippen LogP contribution in [0.25, 0.3) is 0 Å². The van der Waals surface area contributed by atoms with Gasteiger partial charge in [-0.25, -0.2) is 0 Å². The van der Waals surface area contributed by atoms with Crippen molar-refractivity contribution in [3.63, 3.8) is 0 Å². The van der Waals surface area contributed by atoms with Crippen molar-refractivity contribution >= 4 is 17.9 Å². The number of hydrogen-bond acceptors (Lipinski definition) is 6. The van der Waals surface area contributed by atoms with Crippen molar-refractivity contribution in [2.24, 2.45) is 0 Å². The maximum Gasteiger partial charge on any atom is 0.306 e. The lowest BCUT2D eigenvalue weighted by atomic mass is 10.0. The molecule has 0 saturated carbocycles. The second kappa shape index (κ2) is 63.1. The summed E-state index contributed by atoms with van der Waals surface area (Å²) >= 11 is 0. The summed E-state index contributed by atoms with van der Waals surface area (Å²) in [6.45, 7) is 6.50. The smallest absolute Gasteiger partial charge is 0.306 e. The summed E-state index contributed by atoms with van der Waals surface area (Å²) in [5, 5.41) is 0. The molecule has 0 saturated heterocycles. The van der Waals surface area contributed by atoms with Crippen LogP contribution in [0.4, 0.5) is 0 Å². The van der Waals surface area contributed by atoms with Crippen LogP contribution in [0, 0.1) is 0 Å². The highest BCUT2D eigenvalue weighted by atomic mass is 16.6. The molecule has 6 heteroatoms. The predicted molar refractivity (Wildman–Crippen MR) is 325 cm³/mol. The molecule has 0 N–H and O–H groups in total. The summed E-state index contributed by atoms with van der Waals surface area (Å²) in [7, 11) is 0. The Labute approximate surface area is 465 Å². The van der Waals surface area contributed by atoms with E-state index in [1.54, 1.807) is 0 Å². The molecular weight excluding hydrogens is 925 g/mol. The summed E-state index contributed by atoms with van der Waals surface area (Å²) in [5.74, 6) is -0.898. The molecule has 0 rings (SSSR count). The highest BCUT2D eigenvalue weighted by molar-refractivity contribution is 5.71. The van der Waals surface area contributed by atoms with E-state index >= 15 is 0 Å². The average Bonchev–Trinajstić information content (AvgIpc) is 3.41. The molecule has 432 valence electrons. The van der Waals surface area contributed by atoms with Gasteiger partial charge < -0.3 is 14.2 Å². The standard InChI is InChI=1S/C69H120O6/c1-4-7-10-13-16-19-22-25-28-30-31-32-33-34-35-36-37-39-41-44-47-50-53-56-59-62-68(71)74-65-66(64-73-67(70)61-58-55-52-49-46-43-40-27-24-21-18-15-12-9-6-3)75-69(72)63-60-57-54-51-48-45-42-38-29-26-23-20-17-14-11-8-5-2/h8,11,17-18,20-22,25-27,29-31,40,66H,4-7,9-10,12-16,19,23-24,28,32-39,41-65H2,1-3H3/b11-8-,20-17-,21-18-,25-22-,29-26-,31-30-,40-27-. The first-order valence-electron chi connectivity index (χ1n) is 32.1. The Bertz CT molecular complexity index is 1430. The number of allylic oxidation sites excluding steroid dienone is 14. The highest BCUT2D eigenvalue weighted by Gasteiger charge is 2.19. The van der Waals surface area contributed by atoms with Crippen molar-refractivity contribution < 1.29 is 28.6 Å². The van der Waals surface area contributed by atoms with Gasteiger partial charge in [-0.15, -0.1) is 0 Å². The Hall–Kier alpha value is -3.41. The Kier molecular flexibility index (Phi) is 60.3. The van der Waals surface area contributed by atoms with Gasteiger partial charge in [0.2, 0.25) is 0 Å². The van der Waals surface area contributed by atoms with Gasteiger partial charge in [0.15, 0.2) is 6.10 Å². The van der Waals surface area contributed by atoms with E-state index in [0.29, 0.717) is 19.3 Å². The van der Waals surface area contributed by atoms with Gasteiger partial charge in [0.1, 0.15) is 13.2 Å². The molecule has 0 aliphatic carbocycles. The van der Waals surface area contributed by atoms with E-state index in [1.165, 1.54) is 167 Å². The second-order valence-electron chi connectivity index (χ2n) is 21.3. The van der Waals surface area contributed by atoms with E-state index in [0.717, 1.165) is 109 Å². The summed E-state index contributed by atoms with van der Waals surface area (Å²) in [4.78, 5) is 38.3. The largest absolute Gasteiger partial charge is 0.462 e. The monoisotopic (exact) mass is 1040 g/mol. The molecule has 1 unspecified atom stereocenters. The fraction of sp³-hybridized carbons (Fsp3) is 0.754. The van der Waals surface area contributed by atoms with Crippen LogP contribution in [0.5, 0.6) is 0 Å². The summed E-state index contributed by atoms with van der Waals surface area (Å²) in [5.41, 5.74) is 0. The van der Waals surface area contributed by atoms with Crippen molar-refractivity contribution in [1.82, 2.24) is 0 Å². The van der Waals surface area contributed by atoms with Crippen LogP contribution in [0.3, 0.4) is 0 Å². The minimum absolute atomic E-state index is 0.0845. The first-order valence-corrected chi connectivity index (χ1v) is 32.1. The lowest BCUT2D eigenvalue weighted by molar-refractivity contribution is -0.167. The van der Waals surface area contributed by atoms with Gasteiger partial charge in [-0.2, -0.15) is 0 Å². The number of unbranched alkanes of at least 4 members (excludes halogenated alkanes) is 33. The number of ether oxygens (including phenoxy) is 3. The Morgan fingerprint density at radius 3 is 0.840 bits per heavy atom. The molecular formula is C69H120O6. The summed E-state index contributed by atoms with van der Waals surface area (Å²) in [6, 6.07) is 0. The second-order valence-corrected chi connectivity index (χ2v) is 21.3. The van der Waals surface area contributed by atoms with E-state index < -0.39 is 6.10 Å². The lowest BCUT2D eigenvalue weighted by Gasteiger charge is -2.18. The molecule has 0 heterocycles. The van der Waals surface area contributed by atoms with E-state index in [1.807, 2.05) is 0 Å². The molecule has 0 aromatic heterocycles.